The third-order valence-corrected chi connectivity index (χ3v) is 5.53. The number of pyridine rings is 1. The van der Waals surface area contributed by atoms with Crippen LogP contribution in [0.25, 0.3) is 10.6 Å². The van der Waals surface area contributed by atoms with Crippen molar-refractivity contribution in [1.29, 1.82) is 0 Å². The molecule has 0 unspecified atom stereocenters. The number of thiazole rings is 1. The van der Waals surface area contributed by atoms with Gasteiger partial charge in [-0.2, -0.15) is 0 Å². The molecule has 0 aliphatic carbocycles. The highest BCUT2D eigenvalue weighted by Gasteiger charge is 2.35. The van der Waals surface area contributed by atoms with E-state index in [0.717, 1.165) is 17.1 Å². The number of nitrogens with one attached hydrogen (secondary N) is 1. The molecule has 1 amide bonds. The van der Waals surface area contributed by atoms with Gasteiger partial charge in [-0.25, -0.2) is 4.98 Å². The van der Waals surface area contributed by atoms with Crippen molar-refractivity contribution < 1.29 is 4.79 Å². The quantitative estimate of drug-likeness (QED) is 0.942. The van der Waals surface area contributed by atoms with Crippen LogP contribution in [-0.4, -0.2) is 46.5 Å². The summed E-state index contributed by atoms with van der Waals surface area (Å²) in [7, 11) is 0. The highest BCUT2D eigenvalue weighted by Crippen LogP contribution is 2.28. The van der Waals surface area contributed by atoms with Crippen molar-refractivity contribution in [3.8, 4) is 10.6 Å². The molecule has 1 atom stereocenters. The molecular weight excluding hydrogens is 296 g/mol. The fraction of sp³-hybridized carbons (Fsp3) is 0.438. The molecular formula is C16H18N4OS. The van der Waals surface area contributed by atoms with Crippen molar-refractivity contribution in [3.05, 3.63) is 35.6 Å². The molecule has 2 aromatic rings. The number of hydrogen-bond donors (Lipinski definition) is 1. The number of nitrogens with zero attached hydrogens (tertiary/aromatic N) is 3. The van der Waals surface area contributed by atoms with Crippen LogP contribution in [-0.2, 0) is 0 Å². The van der Waals surface area contributed by atoms with E-state index in [2.05, 4.69) is 20.2 Å². The fourth-order valence-electron chi connectivity index (χ4n) is 3.38. The zero-order valence-electron chi connectivity index (χ0n) is 12.2. The number of hydrogen-bond acceptors (Lipinski definition) is 5. The number of carbonyl (C=O) groups excluding carboxylic acids is 1. The molecule has 114 valence electrons. The number of rotatable bonds is 3. The number of piperidine rings is 3. The Labute approximate surface area is 133 Å². The first kappa shape index (κ1) is 13.8. The van der Waals surface area contributed by atoms with Gasteiger partial charge in [0.2, 0.25) is 0 Å². The lowest BCUT2D eigenvalue weighted by Gasteiger charge is -2.44. The molecule has 5 rings (SSSR count). The van der Waals surface area contributed by atoms with Crippen LogP contribution < -0.4 is 5.32 Å². The van der Waals surface area contributed by atoms with Crippen molar-refractivity contribution in [2.24, 2.45) is 5.92 Å². The standard InChI is InChI=1S/C16H18N4OS/c21-15(18-13-9-20-7-3-11(13)4-8-20)14-10-22-16(19-14)12-1-5-17-6-2-12/h1-2,5-6,10-11,13H,3-4,7-9H2,(H,18,21)/t13-/m0/s1. The molecule has 3 saturated heterocycles. The summed E-state index contributed by atoms with van der Waals surface area (Å²) in [5, 5.41) is 5.88. The zero-order chi connectivity index (χ0) is 14.9. The second-order valence-corrected chi connectivity index (χ2v) is 6.85. The molecule has 0 spiro atoms. The Balaban J connectivity index is 1.46. The zero-order valence-corrected chi connectivity index (χ0v) is 13.1. The second-order valence-electron chi connectivity index (χ2n) is 5.99. The van der Waals surface area contributed by atoms with E-state index in [1.165, 1.54) is 37.3 Å². The van der Waals surface area contributed by atoms with Gasteiger partial charge in [-0.15, -0.1) is 11.3 Å². The number of aromatic nitrogens is 2. The molecule has 3 fully saturated rings. The van der Waals surface area contributed by atoms with E-state index in [1.54, 1.807) is 12.4 Å². The Kier molecular flexibility index (Phi) is 3.63. The third kappa shape index (κ3) is 2.64. The van der Waals surface area contributed by atoms with Crippen molar-refractivity contribution >= 4 is 17.2 Å². The summed E-state index contributed by atoms with van der Waals surface area (Å²) in [6.45, 7) is 3.34. The average molecular weight is 314 g/mol. The van der Waals surface area contributed by atoms with Crippen LogP contribution in [0.15, 0.2) is 29.9 Å². The van der Waals surface area contributed by atoms with Gasteiger partial charge in [0.25, 0.3) is 5.91 Å². The summed E-state index contributed by atoms with van der Waals surface area (Å²) < 4.78 is 0. The van der Waals surface area contributed by atoms with Crippen molar-refractivity contribution in [2.75, 3.05) is 19.6 Å². The van der Waals surface area contributed by atoms with Gasteiger partial charge in [-0.05, 0) is 44.0 Å². The lowest BCUT2D eigenvalue weighted by atomic mass is 9.84. The van der Waals surface area contributed by atoms with Gasteiger partial charge in [0, 0.05) is 35.9 Å². The van der Waals surface area contributed by atoms with Crippen molar-refractivity contribution in [1.82, 2.24) is 20.2 Å². The van der Waals surface area contributed by atoms with Gasteiger partial charge >= 0.3 is 0 Å². The Morgan fingerprint density at radius 3 is 2.73 bits per heavy atom. The molecule has 5 nitrogen and oxygen atoms in total. The molecule has 6 heteroatoms. The highest BCUT2D eigenvalue weighted by atomic mass is 32.1. The van der Waals surface area contributed by atoms with E-state index >= 15 is 0 Å². The van der Waals surface area contributed by atoms with Crippen molar-refractivity contribution in [2.45, 2.75) is 18.9 Å². The van der Waals surface area contributed by atoms with Crippen LogP contribution in [0.1, 0.15) is 23.3 Å². The van der Waals surface area contributed by atoms with Crippen LogP contribution in [0.4, 0.5) is 0 Å². The van der Waals surface area contributed by atoms with E-state index in [9.17, 15) is 4.79 Å². The second kappa shape index (κ2) is 5.78. The summed E-state index contributed by atoms with van der Waals surface area (Å²) in [6.07, 6.45) is 5.88. The predicted molar refractivity (Wildman–Crippen MR) is 85.8 cm³/mol. The molecule has 5 heterocycles. The first-order chi connectivity index (χ1) is 10.8. The van der Waals surface area contributed by atoms with Crippen LogP contribution in [0.3, 0.4) is 0 Å². The first-order valence-corrected chi connectivity index (χ1v) is 8.57. The lowest BCUT2D eigenvalue weighted by Crippen LogP contribution is -2.57. The topological polar surface area (TPSA) is 58.1 Å². The van der Waals surface area contributed by atoms with Crippen LogP contribution in [0.2, 0.25) is 0 Å². The van der Waals surface area contributed by atoms with E-state index in [4.69, 9.17) is 0 Å². The number of fused-ring (bicyclic) bond motifs is 3. The summed E-state index contributed by atoms with van der Waals surface area (Å²) in [4.78, 5) is 23.4. The monoisotopic (exact) mass is 314 g/mol. The minimum Gasteiger partial charge on any atom is -0.346 e. The van der Waals surface area contributed by atoms with Gasteiger partial charge < -0.3 is 10.2 Å². The predicted octanol–water partition coefficient (Wildman–Crippen LogP) is 2.03. The molecule has 3 aliphatic rings. The average Bonchev–Trinajstić information content (AvgIpc) is 3.07. The van der Waals surface area contributed by atoms with E-state index < -0.39 is 0 Å². The minimum absolute atomic E-state index is 0.0460. The van der Waals surface area contributed by atoms with Gasteiger partial charge in [-0.1, -0.05) is 0 Å². The summed E-state index contributed by atoms with van der Waals surface area (Å²) in [5.41, 5.74) is 1.52. The highest BCUT2D eigenvalue weighted by molar-refractivity contribution is 7.13. The smallest absolute Gasteiger partial charge is 0.271 e. The van der Waals surface area contributed by atoms with E-state index in [-0.39, 0.29) is 11.9 Å². The van der Waals surface area contributed by atoms with Crippen LogP contribution in [0.5, 0.6) is 0 Å². The normalized spacial score (nSPS) is 26.8. The Hall–Kier alpha value is -1.79. The fourth-order valence-corrected chi connectivity index (χ4v) is 4.18. The molecule has 3 aliphatic heterocycles. The maximum absolute atomic E-state index is 12.4. The van der Waals surface area contributed by atoms with Gasteiger partial charge in [0.1, 0.15) is 10.7 Å². The molecule has 0 saturated carbocycles. The summed E-state index contributed by atoms with van der Waals surface area (Å²) >= 11 is 1.50. The molecule has 22 heavy (non-hydrogen) atoms. The molecule has 0 radical (unpaired) electrons. The van der Waals surface area contributed by atoms with E-state index in [0.29, 0.717) is 11.6 Å². The van der Waals surface area contributed by atoms with Crippen molar-refractivity contribution in [3.63, 3.8) is 0 Å². The Morgan fingerprint density at radius 1 is 1.27 bits per heavy atom. The number of carbonyl (C=O) groups is 1. The SMILES string of the molecule is O=C(N[C@H]1CN2CCC1CC2)c1csc(-c2ccncc2)n1. The molecule has 1 N–H and O–H groups in total. The van der Waals surface area contributed by atoms with Gasteiger partial charge in [0.15, 0.2) is 0 Å². The summed E-state index contributed by atoms with van der Waals surface area (Å²) in [6, 6.07) is 4.10. The molecule has 2 bridgehead atoms. The molecule has 0 aromatic carbocycles. The minimum atomic E-state index is -0.0460. The van der Waals surface area contributed by atoms with E-state index in [1.807, 2.05) is 17.5 Å². The van der Waals surface area contributed by atoms with Gasteiger partial charge in [-0.3, -0.25) is 9.78 Å². The van der Waals surface area contributed by atoms with Crippen LogP contribution >= 0.6 is 11.3 Å². The van der Waals surface area contributed by atoms with Gasteiger partial charge in [0.05, 0.1) is 0 Å². The first-order valence-electron chi connectivity index (χ1n) is 7.69. The van der Waals surface area contributed by atoms with Crippen LogP contribution in [0, 0.1) is 5.92 Å². The Bertz CT molecular complexity index is 664. The Morgan fingerprint density at radius 2 is 2.05 bits per heavy atom. The molecule has 2 aromatic heterocycles. The summed E-state index contributed by atoms with van der Waals surface area (Å²) in [5.74, 6) is 0.586. The number of amides is 1. The lowest BCUT2D eigenvalue weighted by molar-refractivity contribution is 0.0618. The largest absolute Gasteiger partial charge is 0.346 e. The maximum atomic E-state index is 12.4. The maximum Gasteiger partial charge on any atom is 0.271 e. The third-order valence-electron chi connectivity index (χ3n) is 4.64.